The molecule has 0 aromatic carbocycles. The van der Waals surface area contributed by atoms with Crippen molar-refractivity contribution < 1.29 is 19.1 Å². The molecule has 0 bridgehead atoms. The van der Waals surface area contributed by atoms with E-state index in [4.69, 9.17) is 9.47 Å². The molecule has 2 saturated carbocycles. The van der Waals surface area contributed by atoms with Crippen molar-refractivity contribution >= 4 is 17.4 Å². The maximum atomic E-state index is 12.5. The van der Waals surface area contributed by atoms with E-state index in [-0.39, 0.29) is 23.6 Å². The summed E-state index contributed by atoms with van der Waals surface area (Å²) in [7, 11) is 1.52. The standard InChI is InChI=1S/C17H22N2O4/c1-3-23-17(21)13-7-12(13)16(20)15-14(22-2)6-11(9-19-15)18-8-10-4-5-10/h6,9-10,12-13,18H,3-5,7-8H2,1-2H3. The van der Waals surface area contributed by atoms with Crippen LogP contribution in [-0.2, 0) is 9.53 Å². The monoisotopic (exact) mass is 318 g/mol. The van der Waals surface area contributed by atoms with Crippen LogP contribution in [0.15, 0.2) is 12.3 Å². The van der Waals surface area contributed by atoms with Crippen LogP contribution in [0.2, 0.25) is 0 Å². The second kappa shape index (κ2) is 6.56. The lowest BCUT2D eigenvalue weighted by atomic mass is 10.1. The lowest BCUT2D eigenvalue weighted by Crippen LogP contribution is -2.14. The Kier molecular flexibility index (Phi) is 4.50. The Morgan fingerprint density at radius 3 is 2.78 bits per heavy atom. The van der Waals surface area contributed by atoms with Gasteiger partial charge in [-0.05, 0) is 32.1 Å². The van der Waals surface area contributed by atoms with Gasteiger partial charge in [0.1, 0.15) is 11.4 Å². The van der Waals surface area contributed by atoms with Gasteiger partial charge in [0.15, 0.2) is 5.78 Å². The molecule has 124 valence electrons. The lowest BCUT2D eigenvalue weighted by Gasteiger charge is -2.10. The highest BCUT2D eigenvalue weighted by molar-refractivity contribution is 6.03. The average Bonchev–Trinajstić information content (AvgIpc) is 3.46. The quantitative estimate of drug-likeness (QED) is 0.585. The number of hydrogen-bond donors (Lipinski definition) is 1. The van der Waals surface area contributed by atoms with Crippen molar-refractivity contribution in [2.45, 2.75) is 26.2 Å². The molecule has 0 radical (unpaired) electrons. The van der Waals surface area contributed by atoms with E-state index < -0.39 is 0 Å². The number of hydrogen-bond acceptors (Lipinski definition) is 6. The van der Waals surface area contributed by atoms with Crippen molar-refractivity contribution in [2.75, 3.05) is 25.6 Å². The first kappa shape index (κ1) is 15.8. The summed E-state index contributed by atoms with van der Waals surface area (Å²) in [6.07, 6.45) is 4.72. The number of methoxy groups -OCH3 is 1. The number of Topliss-reactive ketones (excluding diaryl/α,β-unsaturated/α-hetero) is 1. The van der Waals surface area contributed by atoms with Crippen LogP contribution in [0.4, 0.5) is 5.69 Å². The molecule has 1 heterocycles. The molecule has 3 rings (SSSR count). The van der Waals surface area contributed by atoms with Crippen LogP contribution < -0.4 is 10.1 Å². The number of aromatic nitrogens is 1. The molecule has 2 fully saturated rings. The molecule has 0 saturated heterocycles. The van der Waals surface area contributed by atoms with Gasteiger partial charge in [0, 0.05) is 18.5 Å². The molecule has 6 heteroatoms. The van der Waals surface area contributed by atoms with E-state index in [0.29, 0.717) is 24.5 Å². The van der Waals surface area contributed by atoms with E-state index in [2.05, 4.69) is 10.3 Å². The molecule has 2 unspecified atom stereocenters. The van der Waals surface area contributed by atoms with Gasteiger partial charge in [-0.1, -0.05) is 0 Å². The summed E-state index contributed by atoms with van der Waals surface area (Å²) in [5, 5.41) is 3.31. The number of esters is 1. The second-order valence-electron chi connectivity index (χ2n) is 6.16. The van der Waals surface area contributed by atoms with E-state index >= 15 is 0 Å². The Morgan fingerprint density at radius 1 is 1.35 bits per heavy atom. The number of pyridine rings is 1. The van der Waals surface area contributed by atoms with Gasteiger partial charge in [-0.25, -0.2) is 4.98 Å². The molecule has 0 spiro atoms. The van der Waals surface area contributed by atoms with Crippen LogP contribution >= 0.6 is 0 Å². The Balaban J connectivity index is 1.66. The maximum Gasteiger partial charge on any atom is 0.309 e. The van der Waals surface area contributed by atoms with Gasteiger partial charge in [-0.3, -0.25) is 9.59 Å². The van der Waals surface area contributed by atoms with Gasteiger partial charge >= 0.3 is 5.97 Å². The van der Waals surface area contributed by atoms with E-state index in [1.54, 1.807) is 19.2 Å². The SMILES string of the molecule is CCOC(=O)C1CC1C(=O)c1ncc(NCC2CC2)cc1OC. The number of nitrogens with zero attached hydrogens (tertiary/aromatic N) is 1. The zero-order chi connectivity index (χ0) is 16.4. The van der Waals surface area contributed by atoms with Crippen LogP contribution in [0.5, 0.6) is 5.75 Å². The molecule has 2 aliphatic carbocycles. The maximum absolute atomic E-state index is 12.5. The highest BCUT2D eigenvalue weighted by Crippen LogP contribution is 2.43. The highest BCUT2D eigenvalue weighted by Gasteiger charge is 2.50. The van der Waals surface area contributed by atoms with Gasteiger partial charge < -0.3 is 14.8 Å². The average molecular weight is 318 g/mol. The number of anilines is 1. The summed E-state index contributed by atoms with van der Waals surface area (Å²) < 4.78 is 10.3. The molecule has 1 aromatic heterocycles. The van der Waals surface area contributed by atoms with Crippen molar-refractivity contribution in [3.8, 4) is 5.75 Å². The van der Waals surface area contributed by atoms with Crippen LogP contribution in [0, 0.1) is 17.8 Å². The summed E-state index contributed by atoms with van der Waals surface area (Å²) in [5.41, 5.74) is 1.14. The first-order valence-electron chi connectivity index (χ1n) is 8.12. The molecule has 0 amide bonds. The van der Waals surface area contributed by atoms with Crippen LogP contribution in [0.3, 0.4) is 0 Å². The van der Waals surface area contributed by atoms with Gasteiger partial charge in [-0.2, -0.15) is 0 Å². The first-order chi connectivity index (χ1) is 11.1. The van der Waals surface area contributed by atoms with Gasteiger partial charge in [0.2, 0.25) is 0 Å². The smallest absolute Gasteiger partial charge is 0.309 e. The largest absolute Gasteiger partial charge is 0.494 e. The number of nitrogens with one attached hydrogen (secondary N) is 1. The molecule has 0 aliphatic heterocycles. The van der Waals surface area contributed by atoms with E-state index in [1.165, 1.54) is 20.0 Å². The number of ether oxygens (including phenoxy) is 2. The normalized spacial score (nSPS) is 22.3. The van der Waals surface area contributed by atoms with Crippen molar-refractivity contribution in [1.29, 1.82) is 0 Å². The van der Waals surface area contributed by atoms with Crippen molar-refractivity contribution in [2.24, 2.45) is 17.8 Å². The fraction of sp³-hybridized carbons (Fsp3) is 0.588. The predicted octanol–water partition coefficient (Wildman–Crippen LogP) is 2.29. The first-order valence-corrected chi connectivity index (χ1v) is 8.12. The summed E-state index contributed by atoms with van der Waals surface area (Å²) in [6, 6.07) is 1.80. The molecule has 2 aliphatic rings. The van der Waals surface area contributed by atoms with Crippen LogP contribution in [0.25, 0.3) is 0 Å². The third kappa shape index (κ3) is 3.63. The summed E-state index contributed by atoms with van der Waals surface area (Å²) in [6.45, 7) is 3.01. The third-order valence-corrected chi connectivity index (χ3v) is 4.31. The topological polar surface area (TPSA) is 77.5 Å². The zero-order valence-electron chi connectivity index (χ0n) is 13.5. The van der Waals surface area contributed by atoms with Gasteiger partial charge in [0.05, 0.1) is 31.5 Å². The molecule has 1 N–H and O–H groups in total. The molecule has 6 nitrogen and oxygen atoms in total. The molecular weight excluding hydrogens is 296 g/mol. The lowest BCUT2D eigenvalue weighted by molar-refractivity contribution is -0.144. The number of carbonyl (C=O) groups excluding carboxylic acids is 2. The molecule has 2 atom stereocenters. The highest BCUT2D eigenvalue weighted by atomic mass is 16.5. The summed E-state index contributed by atoms with van der Waals surface area (Å²) in [4.78, 5) is 28.5. The Hall–Kier alpha value is -2.11. The minimum Gasteiger partial charge on any atom is -0.494 e. The van der Waals surface area contributed by atoms with Crippen LogP contribution in [0.1, 0.15) is 36.7 Å². The zero-order valence-corrected chi connectivity index (χ0v) is 13.5. The summed E-state index contributed by atoms with van der Waals surface area (Å²) >= 11 is 0. The third-order valence-electron chi connectivity index (χ3n) is 4.31. The molecule has 23 heavy (non-hydrogen) atoms. The number of rotatable bonds is 8. The van der Waals surface area contributed by atoms with E-state index in [0.717, 1.165) is 18.2 Å². The molecular formula is C17H22N2O4. The Morgan fingerprint density at radius 2 is 2.13 bits per heavy atom. The summed E-state index contributed by atoms with van der Waals surface area (Å²) in [5.74, 6) is 0.0907. The van der Waals surface area contributed by atoms with Gasteiger partial charge in [0.25, 0.3) is 0 Å². The van der Waals surface area contributed by atoms with E-state index in [1.807, 2.05) is 0 Å². The van der Waals surface area contributed by atoms with Crippen molar-refractivity contribution in [1.82, 2.24) is 4.98 Å². The fourth-order valence-electron chi connectivity index (χ4n) is 2.64. The Labute approximate surface area is 135 Å². The minimum atomic E-state index is -0.333. The van der Waals surface area contributed by atoms with Crippen molar-refractivity contribution in [3.63, 3.8) is 0 Å². The second-order valence-corrected chi connectivity index (χ2v) is 6.16. The predicted molar refractivity (Wildman–Crippen MR) is 84.6 cm³/mol. The van der Waals surface area contributed by atoms with Gasteiger partial charge in [-0.15, -0.1) is 0 Å². The fourth-order valence-corrected chi connectivity index (χ4v) is 2.64. The van der Waals surface area contributed by atoms with Crippen molar-refractivity contribution in [3.05, 3.63) is 18.0 Å². The van der Waals surface area contributed by atoms with E-state index in [9.17, 15) is 9.59 Å². The van der Waals surface area contributed by atoms with Crippen LogP contribution in [-0.4, -0.2) is 37.0 Å². The Bertz CT molecular complexity index is 613. The number of ketones is 1. The number of carbonyl (C=O) groups is 2. The minimum absolute atomic E-state index is 0.145. The molecule has 1 aromatic rings.